The van der Waals surface area contributed by atoms with Gasteiger partial charge in [0, 0.05) is 13.1 Å². The highest BCUT2D eigenvalue weighted by Crippen LogP contribution is 2.13. The van der Waals surface area contributed by atoms with Gasteiger partial charge in [0.1, 0.15) is 12.4 Å². The zero-order chi connectivity index (χ0) is 13.7. The summed E-state index contributed by atoms with van der Waals surface area (Å²) in [6.45, 7) is 8.32. The monoisotopic (exact) mass is 254 g/mol. The Labute approximate surface area is 106 Å². The van der Waals surface area contributed by atoms with Crippen molar-refractivity contribution in [2.24, 2.45) is 0 Å². The fourth-order valence-electron chi connectivity index (χ4n) is 1.63. The van der Waals surface area contributed by atoms with Gasteiger partial charge in [0.05, 0.1) is 5.69 Å². The SMILES string of the molecule is CCN(CC)C(=O)C(C)Nc1ncnc(C)c1F. The van der Waals surface area contributed by atoms with E-state index in [2.05, 4.69) is 15.3 Å². The second-order valence-corrected chi connectivity index (χ2v) is 4.00. The first-order valence-electron chi connectivity index (χ1n) is 6.03. The van der Waals surface area contributed by atoms with Crippen LogP contribution in [0.1, 0.15) is 26.5 Å². The molecule has 0 aliphatic heterocycles. The van der Waals surface area contributed by atoms with Crippen LogP contribution in [0, 0.1) is 12.7 Å². The average molecular weight is 254 g/mol. The van der Waals surface area contributed by atoms with E-state index in [1.807, 2.05) is 13.8 Å². The molecule has 100 valence electrons. The Bertz CT molecular complexity index is 421. The van der Waals surface area contributed by atoms with Gasteiger partial charge in [-0.3, -0.25) is 4.79 Å². The van der Waals surface area contributed by atoms with Crippen molar-refractivity contribution in [1.82, 2.24) is 14.9 Å². The zero-order valence-corrected chi connectivity index (χ0v) is 11.2. The van der Waals surface area contributed by atoms with Crippen molar-refractivity contribution >= 4 is 11.7 Å². The Morgan fingerprint density at radius 2 is 2.06 bits per heavy atom. The van der Waals surface area contributed by atoms with Crippen LogP contribution in [0.4, 0.5) is 10.2 Å². The van der Waals surface area contributed by atoms with Crippen molar-refractivity contribution < 1.29 is 9.18 Å². The summed E-state index contributed by atoms with van der Waals surface area (Å²) in [5, 5.41) is 2.78. The number of carbonyl (C=O) groups is 1. The van der Waals surface area contributed by atoms with Crippen molar-refractivity contribution in [2.45, 2.75) is 33.7 Å². The Hall–Kier alpha value is -1.72. The topological polar surface area (TPSA) is 58.1 Å². The van der Waals surface area contributed by atoms with Crippen molar-refractivity contribution in [1.29, 1.82) is 0 Å². The molecule has 1 amide bonds. The van der Waals surface area contributed by atoms with Crippen molar-refractivity contribution in [3.05, 3.63) is 17.8 Å². The first-order valence-corrected chi connectivity index (χ1v) is 6.03. The van der Waals surface area contributed by atoms with E-state index in [4.69, 9.17) is 0 Å². The number of nitrogens with one attached hydrogen (secondary N) is 1. The summed E-state index contributed by atoms with van der Waals surface area (Å²) in [6, 6.07) is -0.520. The van der Waals surface area contributed by atoms with Crippen LogP contribution >= 0.6 is 0 Å². The molecule has 1 atom stereocenters. The third-order valence-electron chi connectivity index (χ3n) is 2.76. The summed E-state index contributed by atoms with van der Waals surface area (Å²) >= 11 is 0. The lowest BCUT2D eigenvalue weighted by Gasteiger charge is -2.23. The fraction of sp³-hybridized carbons (Fsp3) is 0.583. The minimum Gasteiger partial charge on any atom is -0.356 e. The lowest BCUT2D eigenvalue weighted by molar-refractivity contribution is -0.131. The van der Waals surface area contributed by atoms with E-state index in [0.717, 1.165) is 0 Å². The van der Waals surface area contributed by atoms with Crippen molar-refractivity contribution in [2.75, 3.05) is 18.4 Å². The number of nitrogens with zero attached hydrogens (tertiary/aromatic N) is 3. The molecule has 0 saturated carbocycles. The third kappa shape index (κ3) is 3.15. The van der Waals surface area contributed by atoms with E-state index >= 15 is 0 Å². The summed E-state index contributed by atoms with van der Waals surface area (Å²) in [7, 11) is 0. The fourth-order valence-corrected chi connectivity index (χ4v) is 1.63. The number of likely N-dealkylation sites (N-methyl/N-ethyl adjacent to an activating group) is 1. The molecule has 0 radical (unpaired) electrons. The average Bonchev–Trinajstić information content (AvgIpc) is 2.36. The van der Waals surface area contributed by atoms with Gasteiger partial charge in [-0.15, -0.1) is 0 Å². The van der Waals surface area contributed by atoms with E-state index in [1.54, 1.807) is 18.7 Å². The Morgan fingerprint density at radius 1 is 1.44 bits per heavy atom. The third-order valence-corrected chi connectivity index (χ3v) is 2.76. The first kappa shape index (κ1) is 14.3. The molecule has 18 heavy (non-hydrogen) atoms. The van der Waals surface area contributed by atoms with Gasteiger partial charge in [-0.05, 0) is 27.7 Å². The van der Waals surface area contributed by atoms with Gasteiger partial charge in [-0.1, -0.05) is 0 Å². The minimum atomic E-state index is -0.520. The largest absolute Gasteiger partial charge is 0.356 e. The van der Waals surface area contributed by atoms with Gasteiger partial charge in [0.15, 0.2) is 11.6 Å². The second-order valence-electron chi connectivity index (χ2n) is 4.00. The number of carbonyl (C=O) groups excluding carboxylic acids is 1. The predicted octanol–water partition coefficient (Wildman–Crippen LogP) is 1.59. The van der Waals surface area contributed by atoms with Crippen LogP contribution in [0.15, 0.2) is 6.33 Å². The molecule has 6 heteroatoms. The van der Waals surface area contributed by atoms with Gasteiger partial charge >= 0.3 is 0 Å². The van der Waals surface area contributed by atoms with Crippen LogP contribution in [0.25, 0.3) is 0 Å². The first-order chi connectivity index (χ1) is 8.51. The molecule has 5 nitrogen and oxygen atoms in total. The number of amides is 1. The molecular weight excluding hydrogens is 235 g/mol. The zero-order valence-electron chi connectivity index (χ0n) is 11.2. The van der Waals surface area contributed by atoms with Crippen molar-refractivity contribution in [3.8, 4) is 0 Å². The number of aryl methyl sites for hydroxylation is 1. The molecular formula is C12H19FN4O. The van der Waals surface area contributed by atoms with Crippen LogP contribution in [-0.4, -0.2) is 39.9 Å². The Balaban J connectivity index is 2.78. The summed E-state index contributed by atoms with van der Waals surface area (Å²) < 4.78 is 13.7. The Morgan fingerprint density at radius 3 is 2.61 bits per heavy atom. The lowest BCUT2D eigenvalue weighted by atomic mass is 10.2. The molecule has 0 spiro atoms. The highest BCUT2D eigenvalue weighted by atomic mass is 19.1. The number of anilines is 1. The van der Waals surface area contributed by atoms with Gasteiger partial charge in [-0.2, -0.15) is 0 Å². The van der Waals surface area contributed by atoms with Crippen LogP contribution in [-0.2, 0) is 4.79 Å². The molecule has 1 rings (SSSR count). The van der Waals surface area contributed by atoms with Crippen LogP contribution < -0.4 is 5.32 Å². The second kappa shape index (κ2) is 6.28. The van der Waals surface area contributed by atoms with Gasteiger partial charge in [0.25, 0.3) is 0 Å². The van der Waals surface area contributed by atoms with Gasteiger partial charge in [0.2, 0.25) is 5.91 Å². The highest BCUT2D eigenvalue weighted by Gasteiger charge is 2.20. The Kier molecular flexibility index (Phi) is 5.00. The standard InChI is InChI=1S/C12H19FN4O/c1-5-17(6-2)12(18)9(4)16-11-10(13)8(3)14-7-15-11/h7,9H,5-6H2,1-4H3,(H,14,15,16). The van der Waals surface area contributed by atoms with E-state index < -0.39 is 11.9 Å². The summed E-state index contributed by atoms with van der Waals surface area (Å²) in [5.41, 5.74) is 0.259. The number of halogens is 1. The van der Waals surface area contributed by atoms with Crippen LogP contribution in [0.3, 0.4) is 0 Å². The summed E-state index contributed by atoms with van der Waals surface area (Å²) in [6.07, 6.45) is 1.27. The number of hydrogen-bond acceptors (Lipinski definition) is 4. The quantitative estimate of drug-likeness (QED) is 0.867. The molecule has 1 aromatic rings. The molecule has 0 fully saturated rings. The summed E-state index contributed by atoms with van der Waals surface area (Å²) in [5.74, 6) is -0.525. The molecule has 0 aromatic carbocycles. The van der Waals surface area contributed by atoms with Crippen LogP contribution in [0.2, 0.25) is 0 Å². The van der Waals surface area contributed by atoms with Gasteiger partial charge in [-0.25, -0.2) is 14.4 Å². The molecule has 1 heterocycles. The van der Waals surface area contributed by atoms with E-state index in [1.165, 1.54) is 6.33 Å². The maximum Gasteiger partial charge on any atom is 0.244 e. The molecule has 1 N–H and O–H groups in total. The summed E-state index contributed by atoms with van der Waals surface area (Å²) in [4.78, 5) is 21.2. The normalized spacial score (nSPS) is 12.1. The maximum absolute atomic E-state index is 13.7. The maximum atomic E-state index is 13.7. The predicted molar refractivity (Wildman–Crippen MR) is 67.7 cm³/mol. The molecule has 0 aliphatic carbocycles. The van der Waals surface area contributed by atoms with Gasteiger partial charge < -0.3 is 10.2 Å². The minimum absolute atomic E-state index is 0.0653. The van der Waals surface area contributed by atoms with Crippen LogP contribution in [0.5, 0.6) is 0 Å². The van der Waals surface area contributed by atoms with Crippen molar-refractivity contribution in [3.63, 3.8) is 0 Å². The molecule has 0 saturated heterocycles. The lowest BCUT2D eigenvalue weighted by Crippen LogP contribution is -2.41. The number of hydrogen-bond donors (Lipinski definition) is 1. The number of aromatic nitrogens is 2. The molecule has 0 bridgehead atoms. The molecule has 0 aliphatic rings. The molecule has 1 unspecified atom stereocenters. The smallest absolute Gasteiger partial charge is 0.244 e. The van der Waals surface area contributed by atoms with E-state index in [9.17, 15) is 9.18 Å². The van der Waals surface area contributed by atoms with E-state index in [0.29, 0.717) is 13.1 Å². The highest BCUT2D eigenvalue weighted by molar-refractivity contribution is 5.84. The molecule has 1 aromatic heterocycles. The number of rotatable bonds is 5. The van der Waals surface area contributed by atoms with E-state index in [-0.39, 0.29) is 17.4 Å².